The van der Waals surface area contributed by atoms with E-state index in [4.69, 9.17) is 14.2 Å². The summed E-state index contributed by atoms with van der Waals surface area (Å²) in [4.78, 5) is 35.1. The summed E-state index contributed by atoms with van der Waals surface area (Å²) in [6, 6.07) is 16.8. The molecule has 1 aliphatic heterocycles. The summed E-state index contributed by atoms with van der Waals surface area (Å²) in [7, 11) is 0. The lowest BCUT2D eigenvalue weighted by Gasteiger charge is -2.05. The van der Waals surface area contributed by atoms with Crippen LogP contribution in [0.25, 0.3) is 6.08 Å². The minimum Gasteiger partial charge on any atom is -0.494 e. The van der Waals surface area contributed by atoms with Crippen LogP contribution < -0.4 is 14.2 Å². The number of nitrogens with zero attached hydrogens (tertiary/aromatic N) is 1. The Morgan fingerprint density at radius 1 is 1.06 bits per heavy atom. The fourth-order valence-electron chi connectivity index (χ4n) is 3.12. The van der Waals surface area contributed by atoms with Gasteiger partial charge in [0, 0.05) is 18.2 Å². The number of hydrogen-bond acceptors (Lipinski definition) is 7. The van der Waals surface area contributed by atoms with Gasteiger partial charge >= 0.3 is 5.97 Å². The van der Waals surface area contributed by atoms with E-state index in [0.717, 1.165) is 6.07 Å². The zero-order valence-corrected chi connectivity index (χ0v) is 16.9. The first-order chi connectivity index (χ1) is 15.4. The van der Waals surface area contributed by atoms with E-state index in [1.165, 1.54) is 18.2 Å². The molecule has 0 amide bonds. The number of fused-ring (bicyclic) bond motifs is 1. The number of esters is 1. The van der Waals surface area contributed by atoms with E-state index in [-0.39, 0.29) is 28.5 Å². The molecule has 32 heavy (non-hydrogen) atoms. The fourth-order valence-corrected chi connectivity index (χ4v) is 3.12. The first kappa shape index (κ1) is 20.8. The van der Waals surface area contributed by atoms with E-state index in [2.05, 4.69) is 0 Å². The molecule has 0 aromatic heterocycles. The lowest BCUT2D eigenvalue weighted by molar-refractivity contribution is -0.384. The molecule has 0 unspecified atom stereocenters. The van der Waals surface area contributed by atoms with Gasteiger partial charge in [-0.05, 0) is 48.9 Å². The third-order valence-electron chi connectivity index (χ3n) is 4.63. The van der Waals surface area contributed by atoms with Gasteiger partial charge in [-0.2, -0.15) is 0 Å². The van der Waals surface area contributed by atoms with Crippen molar-refractivity contribution in [1.82, 2.24) is 0 Å². The number of carbonyl (C=O) groups is 2. The van der Waals surface area contributed by atoms with Gasteiger partial charge in [-0.15, -0.1) is 0 Å². The van der Waals surface area contributed by atoms with Crippen molar-refractivity contribution in [2.75, 3.05) is 6.61 Å². The van der Waals surface area contributed by atoms with E-state index in [9.17, 15) is 19.7 Å². The Balaban J connectivity index is 1.46. The zero-order valence-electron chi connectivity index (χ0n) is 16.9. The van der Waals surface area contributed by atoms with Gasteiger partial charge in [0.2, 0.25) is 5.78 Å². The number of benzene rings is 3. The highest BCUT2D eigenvalue weighted by molar-refractivity contribution is 6.14. The molecule has 0 N–H and O–H groups in total. The van der Waals surface area contributed by atoms with Crippen molar-refractivity contribution in [2.45, 2.75) is 6.92 Å². The number of ether oxygens (including phenoxy) is 3. The maximum absolute atomic E-state index is 12.6. The second-order valence-electron chi connectivity index (χ2n) is 6.80. The predicted octanol–water partition coefficient (Wildman–Crippen LogP) is 4.83. The third-order valence-corrected chi connectivity index (χ3v) is 4.63. The summed E-state index contributed by atoms with van der Waals surface area (Å²) in [5.41, 5.74) is 1.00. The summed E-state index contributed by atoms with van der Waals surface area (Å²) in [6.45, 7) is 2.38. The number of Topliss-reactive ketones (excluding diaryl/α,β-unsaturated/α-hetero) is 1. The van der Waals surface area contributed by atoms with E-state index in [1.54, 1.807) is 48.5 Å². The van der Waals surface area contributed by atoms with E-state index in [1.807, 2.05) is 6.92 Å². The van der Waals surface area contributed by atoms with Crippen molar-refractivity contribution in [2.24, 2.45) is 0 Å². The molecule has 0 saturated heterocycles. The molecule has 1 heterocycles. The van der Waals surface area contributed by atoms with Crippen molar-refractivity contribution in [3.63, 3.8) is 0 Å². The van der Waals surface area contributed by atoms with Gasteiger partial charge in [0.05, 0.1) is 22.7 Å². The number of nitro groups is 1. The van der Waals surface area contributed by atoms with Gasteiger partial charge < -0.3 is 14.2 Å². The molecule has 4 rings (SSSR count). The second kappa shape index (κ2) is 8.73. The Bertz CT molecular complexity index is 1250. The topological polar surface area (TPSA) is 105 Å². The van der Waals surface area contributed by atoms with Crippen LogP contribution in [0, 0.1) is 10.1 Å². The molecule has 0 radical (unpaired) electrons. The average Bonchev–Trinajstić information content (AvgIpc) is 3.10. The molecule has 3 aromatic carbocycles. The third kappa shape index (κ3) is 4.34. The van der Waals surface area contributed by atoms with Crippen LogP contribution >= 0.6 is 0 Å². The molecule has 0 aliphatic carbocycles. The normalized spacial score (nSPS) is 13.4. The summed E-state index contributed by atoms with van der Waals surface area (Å²) >= 11 is 0. The minimum atomic E-state index is -0.713. The first-order valence-corrected chi connectivity index (χ1v) is 9.72. The average molecular weight is 431 g/mol. The van der Waals surface area contributed by atoms with E-state index >= 15 is 0 Å². The van der Waals surface area contributed by atoms with Crippen LogP contribution in [0.5, 0.6) is 17.2 Å². The summed E-state index contributed by atoms with van der Waals surface area (Å²) in [6.07, 6.45) is 1.59. The van der Waals surface area contributed by atoms with E-state index < -0.39 is 10.9 Å². The fraction of sp³-hybridized carbons (Fsp3) is 0.0833. The molecule has 8 heteroatoms. The molecular formula is C24H17NO7. The number of nitro benzene ring substituents is 1. The number of rotatable bonds is 6. The number of hydrogen-bond donors (Lipinski definition) is 0. The van der Waals surface area contributed by atoms with Crippen molar-refractivity contribution >= 4 is 23.5 Å². The molecule has 0 fully saturated rings. The zero-order chi connectivity index (χ0) is 22.7. The Morgan fingerprint density at radius 3 is 2.53 bits per heavy atom. The Hall–Kier alpha value is -4.46. The van der Waals surface area contributed by atoms with E-state index in [0.29, 0.717) is 29.2 Å². The Labute approximate surface area is 182 Å². The van der Waals surface area contributed by atoms with Crippen LogP contribution in [0.1, 0.15) is 33.2 Å². The second-order valence-corrected chi connectivity index (χ2v) is 6.80. The molecule has 0 spiro atoms. The van der Waals surface area contributed by atoms with Gasteiger partial charge in [-0.1, -0.05) is 18.2 Å². The molecule has 160 valence electrons. The van der Waals surface area contributed by atoms with Crippen LogP contribution in [0.3, 0.4) is 0 Å². The molecular weight excluding hydrogens is 414 g/mol. The largest absolute Gasteiger partial charge is 0.494 e. The van der Waals surface area contributed by atoms with Gasteiger partial charge in [0.25, 0.3) is 5.69 Å². The Kier molecular flexibility index (Phi) is 5.67. The highest BCUT2D eigenvalue weighted by Gasteiger charge is 2.27. The van der Waals surface area contributed by atoms with Gasteiger partial charge in [-0.25, -0.2) is 4.79 Å². The summed E-state index contributed by atoms with van der Waals surface area (Å²) < 4.78 is 16.4. The number of ketones is 1. The highest BCUT2D eigenvalue weighted by atomic mass is 16.6. The van der Waals surface area contributed by atoms with Crippen molar-refractivity contribution in [3.05, 3.63) is 99.3 Å². The summed E-state index contributed by atoms with van der Waals surface area (Å²) in [5, 5.41) is 10.9. The van der Waals surface area contributed by atoms with Crippen molar-refractivity contribution < 1.29 is 28.7 Å². The maximum atomic E-state index is 12.6. The predicted molar refractivity (Wildman–Crippen MR) is 115 cm³/mol. The number of carbonyl (C=O) groups excluding carboxylic acids is 2. The lowest BCUT2D eigenvalue weighted by Crippen LogP contribution is -2.08. The van der Waals surface area contributed by atoms with Crippen LogP contribution in [-0.4, -0.2) is 23.3 Å². The van der Waals surface area contributed by atoms with Crippen LogP contribution in [0.2, 0.25) is 0 Å². The molecule has 8 nitrogen and oxygen atoms in total. The van der Waals surface area contributed by atoms with Crippen molar-refractivity contribution in [1.29, 1.82) is 0 Å². The van der Waals surface area contributed by atoms with Crippen LogP contribution in [0.15, 0.2) is 72.5 Å². The monoisotopic (exact) mass is 431 g/mol. The van der Waals surface area contributed by atoms with Gasteiger partial charge in [0.15, 0.2) is 5.76 Å². The van der Waals surface area contributed by atoms with Gasteiger partial charge in [0.1, 0.15) is 17.2 Å². The molecule has 1 aliphatic rings. The smallest absolute Gasteiger partial charge is 0.343 e. The molecule has 0 bridgehead atoms. The quantitative estimate of drug-likeness (QED) is 0.181. The summed E-state index contributed by atoms with van der Waals surface area (Å²) in [5.74, 6) is 0.547. The minimum absolute atomic E-state index is 0.0690. The SMILES string of the molecule is CCOc1ccc2c(c1)O/C(=C\c1ccc(OC(=O)c3cccc([N+](=O)[O-])c3)cc1)C2=O. The maximum Gasteiger partial charge on any atom is 0.343 e. The van der Waals surface area contributed by atoms with Gasteiger partial charge in [-0.3, -0.25) is 14.9 Å². The van der Waals surface area contributed by atoms with Crippen LogP contribution in [-0.2, 0) is 0 Å². The molecule has 0 saturated carbocycles. The van der Waals surface area contributed by atoms with Crippen LogP contribution in [0.4, 0.5) is 5.69 Å². The Morgan fingerprint density at radius 2 is 1.81 bits per heavy atom. The van der Waals surface area contributed by atoms with Crippen molar-refractivity contribution in [3.8, 4) is 17.2 Å². The highest BCUT2D eigenvalue weighted by Crippen LogP contribution is 2.35. The first-order valence-electron chi connectivity index (χ1n) is 9.72. The lowest BCUT2D eigenvalue weighted by atomic mass is 10.1. The standard InChI is InChI=1S/C24H17NO7/c1-2-30-19-10-11-20-21(14-19)32-22(23(20)26)12-15-6-8-18(9-7-15)31-24(27)16-4-3-5-17(13-16)25(28)29/h3-14H,2H2,1H3/b22-12-. The number of non-ortho nitro benzene ring substituents is 1. The number of allylic oxidation sites excluding steroid dienone is 1. The molecule has 3 aromatic rings. The molecule has 0 atom stereocenters.